The van der Waals surface area contributed by atoms with Gasteiger partial charge in [0, 0.05) is 51.0 Å². The second-order valence-electron chi connectivity index (χ2n) is 7.40. The fourth-order valence-electron chi connectivity index (χ4n) is 3.59. The number of guanidine groups is 1. The van der Waals surface area contributed by atoms with Gasteiger partial charge in [0.05, 0.1) is 17.8 Å². The molecule has 0 aromatic heterocycles. The molecule has 0 spiro atoms. The lowest BCUT2D eigenvalue weighted by Gasteiger charge is -2.37. The van der Waals surface area contributed by atoms with E-state index in [9.17, 15) is 8.42 Å². The van der Waals surface area contributed by atoms with E-state index in [-0.39, 0.29) is 29.7 Å². The lowest BCUT2D eigenvalue weighted by molar-refractivity contribution is 0.372. The van der Waals surface area contributed by atoms with Gasteiger partial charge in [0.15, 0.2) is 15.8 Å². The van der Waals surface area contributed by atoms with Crippen LogP contribution in [0.25, 0.3) is 0 Å². The summed E-state index contributed by atoms with van der Waals surface area (Å²) in [6.45, 7) is 6.78. The number of aliphatic imine (C=N–C) groups is 1. The van der Waals surface area contributed by atoms with Crippen LogP contribution in [0.4, 0.5) is 5.69 Å². The van der Waals surface area contributed by atoms with E-state index in [0.29, 0.717) is 17.9 Å². The fourth-order valence-corrected chi connectivity index (χ4v) is 4.91. The summed E-state index contributed by atoms with van der Waals surface area (Å²) in [5.41, 5.74) is 1.16. The Hall–Kier alpha value is -2.01. The van der Waals surface area contributed by atoms with Crippen LogP contribution in [0.2, 0.25) is 0 Å². The Kier molecular flexibility index (Phi) is 10.6. The fraction of sp³-hybridized carbons (Fsp3) is 0.435. The third-order valence-corrected chi connectivity index (χ3v) is 7.08. The molecule has 0 radical (unpaired) electrons. The first-order valence-electron chi connectivity index (χ1n) is 10.7. The minimum absolute atomic E-state index is 0. The minimum atomic E-state index is -3.26. The van der Waals surface area contributed by atoms with Crippen molar-refractivity contribution in [3.63, 3.8) is 0 Å². The molecule has 176 valence electrons. The molecule has 0 aliphatic carbocycles. The molecule has 1 heterocycles. The molecule has 7 nitrogen and oxygen atoms in total. The van der Waals surface area contributed by atoms with Crippen molar-refractivity contribution in [1.29, 1.82) is 0 Å². The Labute approximate surface area is 208 Å². The van der Waals surface area contributed by atoms with Crippen molar-refractivity contribution in [2.75, 3.05) is 57.0 Å². The van der Waals surface area contributed by atoms with Crippen LogP contribution in [-0.2, 0) is 9.84 Å². The predicted molar refractivity (Wildman–Crippen MR) is 141 cm³/mol. The summed E-state index contributed by atoms with van der Waals surface area (Å²) in [7, 11) is -1.58. The van der Waals surface area contributed by atoms with Crippen LogP contribution in [0.3, 0.4) is 0 Å². The Morgan fingerprint density at radius 1 is 1.06 bits per heavy atom. The van der Waals surface area contributed by atoms with Gasteiger partial charge >= 0.3 is 0 Å². The van der Waals surface area contributed by atoms with E-state index in [2.05, 4.69) is 32.2 Å². The molecule has 1 aliphatic heterocycles. The molecule has 32 heavy (non-hydrogen) atoms. The van der Waals surface area contributed by atoms with Gasteiger partial charge in [-0.1, -0.05) is 24.3 Å². The first-order valence-corrected chi connectivity index (χ1v) is 12.4. The van der Waals surface area contributed by atoms with E-state index < -0.39 is 9.84 Å². The van der Waals surface area contributed by atoms with Crippen molar-refractivity contribution in [2.24, 2.45) is 4.99 Å². The zero-order valence-corrected chi connectivity index (χ0v) is 21.9. The summed E-state index contributed by atoms with van der Waals surface area (Å²) in [4.78, 5) is 9.65. The third kappa shape index (κ3) is 7.26. The molecule has 0 atom stereocenters. The molecule has 1 fully saturated rings. The number of halogens is 1. The number of nitrogens with zero attached hydrogens (tertiary/aromatic N) is 3. The lowest BCUT2D eigenvalue weighted by Crippen LogP contribution is -2.52. The number of hydrogen-bond donors (Lipinski definition) is 1. The predicted octanol–water partition coefficient (Wildman–Crippen LogP) is 3.26. The Balaban J connectivity index is 0.00000363. The maximum atomic E-state index is 12.4. The normalized spacial score (nSPS) is 14.6. The van der Waals surface area contributed by atoms with Crippen molar-refractivity contribution in [3.8, 4) is 5.75 Å². The maximum absolute atomic E-state index is 12.4. The van der Waals surface area contributed by atoms with E-state index in [1.807, 2.05) is 25.1 Å². The van der Waals surface area contributed by atoms with Crippen LogP contribution >= 0.6 is 24.0 Å². The van der Waals surface area contributed by atoms with Gasteiger partial charge in [-0.3, -0.25) is 4.99 Å². The molecule has 1 saturated heterocycles. The lowest BCUT2D eigenvalue weighted by atomic mass is 10.2. The zero-order valence-electron chi connectivity index (χ0n) is 18.7. The van der Waals surface area contributed by atoms with E-state index in [1.54, 1.807) is 31.4 Å². The van der Waals surface area contributed by atoms with Gasteiger partial charge in [0.1, 0.15) is 5.75 Å². The first-order chi connectivity index (χ1) is 15.0. The van der Waals surface area contributed by atoms with Crippen LogP contribution in [0.5, 0.6) is 5.75 Å². The highest BCUT2D eigenvalue weighted by Crippen LogP contribution is 2.22. The molecule has 2 aromatic rings. The standard InChI is InChI=1S/C23H32N4O3S.HI/c1-3-24-23(25-13-8-18-31(28,29)22-11-5-4-6-12-22)27-16-14-26(15-17-27)20-9-7-10-21(19-20)30-2;/h4-7,9-12,19H,3,8,13-18H2,1-2H3,(H,24,25);1H. The van der Waals surface area contributed by atoms with Gasteiger partial charge in [0.25, 0.3) is 0 Å². The second-order valence-corrected chi connectivity index (χ2v) is 9.51. The van der Waals surface area contributed by atoms with Crippen molar-refractivity contribution in [3.05, 3.63) is 54.6 Å². The number of hydrogen-bond acceptors (Lipinski definition) is 5. The van der Waals surface area contributed by atoms with Crippen molar-refractivity contribution in [1.82, 2.24) is 10.2 Å². The van der Waals surface area contributed by atoms with Crippen LogP contribution in [0.1, 0.15) is 13.3 Å². The smallest absolute Gasteiger partial charge is 0.194 e. The number of rotatable bonds is 8. The Bertz CT molecular complexity index is 962. The molecular formula is C23H33IN4O3S. The molecule has 2 aromatic carbocycles. The summed E-state index contributed by atoms with van der Waals surface area (Å²) >= 11 is 0. The van der Waals surface area contributed by atoms with Gasteiger partial charge in [0.2, 0.25) is 0 Å². The number of piperazine rings is 1. The molecule has 0 saturated carbocycles. The molecular weight excluding hydrogens is 539 g/mol. The summed E-state index contributed by atoms with van der Waals surface area (Å²) in [5, 5.41) is 3.34. The number of methoxy groups -OCH3 is 1. The van der Waals surface area contributed by atoms with Crippen molar-refractivity contribution in [2.45, 2.75) is 18.2 Å². The zero-order chi connectivity index (χ0) is 22.1. The maximum Gasteiger partial charge on any atom is 0.194 e. The number of benzene rings is 2. The average molecular weight is 573 g/mol. The Morgan fingerprint density at radius 2 is 1.78 bits per heavy atom. The molecule has 3 rings (SSSR count). The second kappa shape index (κ2) is 12.9. The Morgan fingerprint density at radius 3 is 2.44 bits per heavy atom. The van der Waals surface area contributed by atoms with Gasteiger partial charge in [-0.2, -0.15) is 0 Å². The molecule has 0 bridgehead atoms. The van der Waals surface area contributed by atoms with Crippen LogP contribution in [0.15, 0.2) is 64.5 Å². The summed E-state index contributed by atoms with van der Waals surface area (Å²) in [5.74, 6) is 1.81. The third-order valence-electron chi connectivity index (χ3n) is 5.27. The van der Waals surface area contributed by atoms with Crippen LogP contribution in [-0.4, -0.2) is 71.4 Å². The number of ether oxygens (including phenoxy) is 1. The molecule has 1 aliphatic rings. The number of anilines is 1. The number of sulfone groups is 1. The summed E-state index contributed by atoms with van der Waals surface area (Å²) in [6, 6.07) is 16.7. The van der Waals surface area contributed by atoms with Crippen LogP contribution in [0, 0.1) is 0 Å². The molecule has 0 unspecified atom stereocenters. The molecule has 1 N–H and O–H groups in total. The van der Waals surface area contributed by atoms with E-state index >= 15 is 0 Å². The SMILES string of the molecule is CCNC(=NCCCS(=O)(=O)c1ccccc1)N1CCN(c2cccc(OC)c2)CC1.I. The van der Waals surface area contributed by atoms with E-state index in [4.69, 9.17) is 4.74 Å². The van der Waals surface area contributed by atoms with Gasteiger partial charge in [-0.25, -0.2) is 8.42 Å². The van der Waals surface area contributed by atoms with E-state index in [1.165, 1.54) is 0 Å². The van der Waals surface area contributed by atoms with Crippen LogP contribution < -0.4 is 15.0 Å². The molecule has 9 heteroatoms. The topological polar surface area (TPSA) is 74.2 Å². The summed E-state index contributed by atoms with van der Waals surface area (Å²) in [6.07, 6.45) is 0.496. The molecule has 0 amide bonds. The highest BCUT2D eigenvalue weighted by atomic mass is 127. The first kappa shape index (κ1) is 26.2. The quantitative estimate of drug-likeness (QED) is 0.227. The van der Waals surface area contributed by atoms with Crippen molar-refractivity contribution < 1.29 is 13.2 Å². The number of nitrogens with one attached hydrogen (secondary N) is 1. The largest absolute Gasteiger partial charge is 0.497 e. The van der Waals surface area contributed by atoms with Crippen molar-refractivity contribution >= 4 is 45.5 Å². The highest BCUT2D eigenvalue weighted by molar-refractivity contribution is 14.0. The van der Waals surface area contributed by atoms with E-state index in [0.717, 1.165) is 50.1 Å². The monoisotopic (exact) mass is 572 g/mol. The summed E-state index contributed by atoms with van der Waals surface area (Å²) < 4.78 is 30.2. The minimum Gasteiger partial charge on any atom is -0.497 e. The van der Waals surface area contributed by atoms with Gasteiger partial charge in [-0.15, -0.1) is 24.0 Å². The van der Waals surface area contributed by atoms with Gasteiger partial charge < -0.3 is 19.9 Å². The average Bonchev–Trinajstić information content (AvgIpc) is 2.82. The highest BCUT2D eigenvalue weighted by Gasteiger charge is 2.20. The van der Waals surface area contributed by atoms with Gasteiger partial charge in [-0.05, 0) is 37.6 Å².